The van der Waals surface area contributed by atoms with E-state index in [4.69, 9.17) is 16.7 Å². The fourth-order valence-electron chi connectivity index (χ4n) is 4.24. The van der Waals surface area contributed by atoms with Crippen molar-refractivity contribution in [1.29, 1.82) is 0 Å². The first-order valence-corrected chi connectivity index (χ1v) is 12.5. The Kier molecular flexibility index (Phi) is 8.08. The first kappa shape index (κ1) is 25.5. The number of nitrogens with one attached hydrogen (secondary N) is 3. The first-order chi connectivity index (χ1) is 17.4. The molecule has 4 N–H and O–H groups in total. The number of carboxylic acid groups (broad SMARTS) is 1. The van der Waals surface area contributed by atoms with Crippen molar-refractivity contribution in [2.24, 2.45) is 0 Å². The summed E-state index contributed by atoms with van der Waals surface area (Å²) in [4.78, 5) is 24.1. The van der Waals surface area contributed by atoms with E-state index in [0.717, 1.165) is 35.3 Å². The smallest absolute Gasteiger partial charge is 0.303 e. The van der Waals surface area contributed by atoms with Gasteiger partial charge in [-0.1, -0.05) is 61.0 Å². The van der Waals surface area contributed by atoms with Crippen molar-refractivity contribution in [1.82, 2.24) is 5.32 Å². The van der Waals surface area contributed by atoms with Crippen LogP contribution in [0.15, 0.2) is 66.7 Å². The molecule has 0 spiro atoms. The van der Waals surface area contributed by atoms with Gasteiger partial charge in [-0.15, -0.1) is 0 Å². The van der Waals surface area contributed by atoms with Gasteiger partial charge in [0.1, 0.15) is 0 Å². The molecule has 1 aliphatic heterocycles. The Balaban J connectivity index is 1.70. The Morgan fingerprint density at radius 2 is 1.78 bits per heavy atom. The number of hydrogen-bond acceptors (Lipinski definition) is 4. The number of fused-ring (bicyclic) bond motifs is 1. The molecule has 3 aromatic carbocycles. The monoisotopic (exact) mass is 503 g/mol. The minimum atomic E-state index is -0.830. The maximum Gasteiger partial charge on any atom is 0.303 e. The highest BCUT2D eigenvalue weighted by molar-refractivity contribution is 6.38. The summed E-state index contributed by atoms with van der Waals surface area (Å²) in [5.41, 5.74) is 6.43. The number of carbonyl (C=O) groups excluding carboxylic acids is 1. The highest BCUT2D eigenvalue weighted by Crippen LogP contribution is 2.39. The number of anilines is 2. The molecule has 0 aromatic heterocycles. The fourth-order valence-corrected chi connectivity index (χ4v) is 4.41. The molecule has 1 heterocycles. The Morgan fingerprint density at radius 1 is 1.06 bits per heavy atom. The lowest BCUT2D eigenvalue weighted by Crippen LogP contribution is -2.19. The topological polar surface area (TPSA) is 90.5 Å². The fraction of sp³-hybridized carbons (Fsp3) is 0.241. The number of halogens is 1. The van der Waals surface area contributed by atoms with E-state index in [-0.39, 0.29) is 18.4 Å². The van der Waals surface area contributed by atoms with E-state index >= 15 is 0 Å². The van der Waals surface area contributed by atoms with Crippen molar-refractivity contribution in [2.75, 3.05) is 17.2 Å². The zero-order valence-electron chi connectivity index (χ0n) is 20.4. The van der Waals surface area contributed by atoms with Crippen LogP contribution in [0, 0.1) is 0 Å². The predicted octanol–water partition coefficient (Wildman–Crippen LogP) is 6.35. The Hall–Kier alpha value is -3.61. The number of rotatable bonds is 10. The molecule has 1 amide bonds. The van der Waals surface area contributed by atoms with Crippen LogP contribution in [0.1, 0.15) is 55.0 Å². The van der Waals surface area contributed by atoms with Gasteiger partial charge in [0.05, 0.1) is 17.0 Å². The van der Waals surface area contributed by atoms with Crippen LogP contribution in [-0.4, -0.2) is 23.5 Å². The van der Waals surface area contributed by atoms with Gasteiger partial charge in [-0.05, 0) is 67.3 Å². The van der Waals surface area contributed by atoms with Crippen LogP contribution >= 0.6 is 11.6 Å². The zero-order valence-corrected chi connectivity index (χ0v) is 21.2. The van der Waals surface area contributed by atoms with Gasteiger partial charge in [-0.2, -0.15) is 0 Å². The van der Waals surface area contributed by atoms with E-state index < -0.39 is 5.97 Å². The minimum Gasteiger partial charge on any atom is -0.481 e. The van der Waals surface area contributed by atoms with E-state index in [0.29, 0.717) is 28.4 Å². The molecule has 0 aliphatic carbocycles. The van der Waals surface area contributed by atoms with Crippen LogP contribution in [0.4, 0.5) is 11.4 Å². The Morgan fingerprint density at radius 3 is 2.44 bits per heavy atom. The molecular formula is C29H30ClN3O3. The van der Waals surface area contributed by atoms with Gasteiger partial charge in [0, 0.05) is 28.7 Å². The molecular weight excluding hydrogens is 474 g/mol. The van der Waals surface area contributed by atoms with Crippen LogP contribution in [0.25, 0.3) is 11.3 Å². The van der Waals surface area contributed by atoms with Crippen molar-refractivity contribution >= 4 is 46.1 Å². The quantitative estimate of drug-likeness (QED) is 0.242. The summed E-state index contributed by atoms with van der Waals surface area (Å²) in [6, 6.07) is 21.4. The summed E-state index contributed by atoms with van der Waals surface area (Å²) in [6.07, 6.45) is 1.59. The van der Waals surface area contributed by atoms with Crippen molar-refractivity contribution in [2.45, 2.75) is 39.2 Å². The number of aliphatic carboxylic acids is 1. The predicted molar refractivity (Wildman–Crippen MR) is 146 cm³/mol. The molecule has 6 nitrogen and oxygen atoms in total. The summed E-state index contributed by atoms with van der Waals surface area (Å²) < 4.78 is 0. The SMILES string of the molecule is CCCNC(C)c1ccc(NC(=C2C(=O)Nc3cc(Cl)ccc32)c2ccc(CCC(=O)O)cc2)cc1. The van der Waals surface area contributed by atoms with Crippen molar-refractivity contribution in [3.8, 4) is 0 Å². The van der Waals surface area contributed by atoms with Gasteiger partial charge in [0.15, 0.2) is 0 Å². The molecule has 0 bridgehead atoms. The number of benzene rings is 3. The van der Waals surface area contributed by atoms with Gasteiger partial charge in [-0.3, -0.25) is 9.59 Å². The Bertz CT molecular complexity index is 1280. The average Bonchev–Trinajstić information content (AvgIpc) is 3.19. The number of aryl methyl sites for hydroxylation is 1. The van der Waals surface area contributed by atoms with Crippen LogP contribution < -0.4 is 16.0 Å². The third-order valence-corrected chi connectivity index (χ3v) is 6.46. The van der Waals surface area contributed by atoms with Crippen molar-refractivity contribution in [3.63, 3.8) is 0 Å². The number of carbonyl (C=O) groups is 2. The lowest BCUT2D eigenvalue weighted by atomic mass is 9.98. The van der Waals surface area contributed by atoms with Gasteiger partial charge in [0.25, 0.3) is 5.91 Å². The molecule has 7 heteroatoms. The number of amides is 1. The molecule has 1 aliphatic rings. The standard InChI is InChI=1S/C29H30ClN3O3/c1-3-16-31-18(2)20-9-12-23(13-10-20)32-28(21-7-4-19(5-8-21)6-15-26(34)35)27-24-14-11-22(30)17-25(24)33-29(27)36/h4-5,7-14,17-18,31-32H,3,6,15-16H2,1-2H3,(H,33,36)(H,34,35). The average molecular weight is 504 g/mol. The van der Waals surface area contributed by atoms with Gasteiger partial charge in [0.2, 0.25) is 0 Å². The van der Waals surface area contributed by atoms with E-state index in [2.05, 4.69) is 41.9 Å². The summed E-state index contributed by atoms with van der Waals surface area (Å²) in [5, 5.41) is 19.4. The second kappa shape index (κ2) is 11.4. The van der Waals surface area contributed by atoms with Crippen LogP contribution in [-0.2, 0) is 16.0 Å². The Labute approximate surface area is 216 Å². The third-order valence-electron chi connectivity index (χ3n) is 6.23. The molecule has 0 saturated carbocycles. The van der Waals surface area contributed by atoms with E-state index in [9.17, 15) is 9.59 Å². The first-order valence-electron chi connectivity index (χ1n) is 12.1. The molecule has 0 saturated heterocycles. The molecule has 4 rings (SSSR count). The van der Waals surface area contributed by atoms with E-state index in [1.165, 1.54) is 5.56 Å². The molecule has 0 fully saturated rings. The van der Waals surface area contributed by atoms with Crippen LogP contribution in [0.5, 0.6) is 0 Å². The number of hydrogen-bond donors (Lipinski definition) is 4. The normalized spacial score (nSPS) is 14.7. The zero-order chi connectivity index (χ0) is 25.7. The lowest BCUT2D eigenvalue weighted by molar-refractivity contribution is -0.137. The van der Waals surface area contributed by atoms with Crippen LogP contribution in [0.3, 0.4) is 0 Å². The van der Waals surface area contributed by atoms with E-state index in [1.54, 1.807) is 12.1 Å². The second-order valence-electron chi connectivity index (χ2n) is 8.91. The van der Waals surface area contributed by atoms with Crippen molar-refractivity contribution in [3.05, 3.63) is 94.0 Å². The van der Waals surface area contributed by atoms with Crippen LogP contribution in [0.2, 0.25) is 5.02 Å². The highest BCUT2D eigenvalue weighted by atomic mass is 35.5. The molecule has 186 valence electrons. The molecule has 3 aromatic rings. The van der Waals surface area contributed by atoms with Crippen molar-refractivity contribution < 1.29 is 14.7 Å². The maximum atomic E-state index is 13.1. The maximum absolute atomic E-state index is 13.1. The molecule has 0 radical (unpaired) electrons. The molecule has 36 heavy (non-hydrogen) atoms. The minimum absolute atomic E-state index is 0.0694. The number of carboxylic acids is 1. The lowest BCUT2D eigenvalue weighted by Gasteiger charge is -2.17. The summed E-state index contributed by atoms with van der Waals surface area (Å²) in [6.45, 7) is 5.24. The second-order valence-corrected chi connectivity index (χ2v) is 9.34. The molecule has 1 unspecified atom stereocenters. The van der Waals surface area contributed by atoms with Gasteiger partial charge >= 0.3 is 5.97 Å². The largest absolute Gasteiger partial charge is 0.481 e. The summed E-state index contributed by atoms with van der Waals surface area (Å²) in [7, 11) is 0. The van der Waals surface area contributed by atoms with E-state index in [1.807, 2.05) is 42.5 Å². The highest BCUT2D eigenvalue weighted by Gasteiger charge is 2.28. The summed E-state index contributed by atoms with van der Waals surface area (Å²) in [5.74, 6) is -1.04. The van der Waals surface area contributed by atoms with Gasteiger partial charge < -0.3 is 21.1 Å². The molecule has 1 atom stereocenters. The third kappa shape index (κ3) is 5.96. The van der Waals surface area contributed by atoms with Gasteiger partial charge in [-0.25, -0.2) is 0 Å². The summed E-state index contributed by atoms with van der Waals surface area (Å²) >= 11 is 6.16.